The molecule has 2 aliphatic carbocycles. The summed E-state index contributed by atoms with van der Waals surface area (Å²) in [4.78, 5) is 14.4. The lowest BCUT2D eigenvalue weighted by atomic mass is 9.94. The topological polar surface area (TPSA) is 46.3 Å². The Bertz CT molecular complexity index is 278. The molecule has 0 spiro atoms. The van der Waals surface area contributed by atoms with Crippen molar-refractivity contribution in [3.63, 3.8) is 0 Å². The third-order valence-corrected chi connectivity index (χ3v) is 3.92. The summed E-state index contributed by atoms with van der Waals surface area (Å²) in [5.74, 6) is 1.32. The molecule has 0 aromatic carbocycles. The van der Waals surface area contributed by atoms with Crippen LogP contribution in [0.3, 0.4) is 0 Å². The monoisotopic (exact) mass is 224 g/mol. The first-order chi connectivity index (χ1) is 7.43. The van der Waals surface area contributed by atoms with E-state index in [1.165, 1.54) is 12.8 Å². The maximum absolute atomic E-state index is 12.5. The van der Waals surface area contributed by atoms with Crippen molar-refractivity contribution in [2.75, 3.05) is 6.54 Å². The van der Waals surface area contributed by atoms with Crippen LogP contribution in [0.25, 0.3) is 0 Å². The van der Waals surface area contributed by atoms with Gasteiger partial charge in [0.15, 0.2) is 0 Å². The second-order valence-corrected chi connectivity index (χ2v) is 6.05. The molecule has 2 N–H and O–H groups in total. The highest BCUT2D eigenvalue weighted by Gasteiger charge is 2.46. The fourth-order valence-corrected chi connectivity index (χ4v) is 2.27. The van der Waals surface area contributed by atoms with Gasteiger partial charge in [0.1, 0.15) is 0 Å². The molecule has 0 bridgehead atoms. The number of carbonyl (C=O) groups excluding carboxylic acids is 1. The van der Waals surface area contributed by atoms with Crippen molar-refractivity contribution in [3.05, 3.63) is 0 Å². The highest BCUT2D eigenvalue weighted by Crippen LogP contribution is 2.40. The fourth-order valence-electron chi connectivity index (χ4n) is 2.27. The quantitative estimate of drug-likeness (QED) is 0.773. The van der Waals surface area contributed by atoms with Gasteiger partial charge < -0.3 is 10.6 Å². The summed E-state index contributed by atoms with van der Waals surface area (Å²) >= 11 is 0. The average Bonchev–Trinajstić information content (AvgIpc) is 3.01. The summed E-state index contributed by atoms with van der Waals surface area (Å²) in [5, 5.41) is 0. The van der Waals surface area contributed by atoms with E-state index in [2.05, 4.69) is 13.8 Å². The molecule has 2 fully saturated rings. The lowest BCUT2D eigenvalue weighted by molar-refractivity contribution is -0.139. The lowest BCUT2D eigenvalue weighted by Crippen LogP contribution is -2.57. The minimum atomic E-state index is -0.626. The first-order valence-electron chi connectivity index (χ1n) is 6.53. The molecule has 1 amide bonds. The van der Waals surface area contributed by atoms with Gasteiger partial charge in [-0.2, -0.15) is 0 Å². The van der Waals surface area contributed by atoms with Gasteiger partial charge in [0.25, 0.3) is 0 Å². The molecule has 2 saturated carbocycles. The van der Waals surface area contributed by atoms with Crippen LogP contribution in [0.5, 0.6) is 0 Å². The Morgan fingerprint density at radius 3 is 2.31 bits per heavy atom. The van der Waals surface area contributed by atoms with Gasteiger partial charge >= 0.3 is 0 Å². The molecule has 0 aromatic rings. The molecule has 0 heterocycles. The van der Waals surface area contributed by atoms with E-state index >= 15 is 0 Å². The Morgan fingerprint density at radius 1 is 1.38 bits per heavy atom. The smallest absolute Gasteiger partial charge is 0.242 e. The first-order valence-corrected chi connectivity index (χ1v) is 6.53. The second-order valence-electron chi connectivity index (χ2n) is 6.05. The molecule has 0 radical (unpaired) electrons. The minimum absolute atomic E-state index is 0.164. The van der Waals surface area contributed by atoms with Crippen molar-refractivity contribution < 1.29 is 4.79 Å². The minimum Gasteiger partial charge on any atom is -0.338 e. The molecule has 0 saturated heterocycles. The number of rotatable bonds is 5. The summed E-state index contributed by atoms with van der Waals surface area (Å²) in [6, 6.07) is 0.273. The van der Waals surface area contributed by atoms with Gasteiger partial charge in [-0.05, 0) is 58.3 Å². The van der Waals surface area contributed by atoms with E-state index < -0.39 is 5.54 Å². The fraction of sp³-hybridized carbons (Fsp3) is 0.923. The third kappa shape index (κ3) is 2.40. The van der Waals surface area contributed by atoms with Gasteiger partial charge in [0.2, 0.25) is 5.91 Å². The SMILES string of the molecule is CC(C)N(CC1CC1)C(=O)C(C)(N)C1CC1. The molecule has 0 aromatic heterocycles. The molecule has 16 heavy (non-hydrogen) atoms. The van der Waals surface area contributed by atoms with E-state index in [1.54, 1.807) is 0 Å². The predicted molar refractivity (Wildman–Crippen MR) is 64.9 cm³/mol. The summed E-state index contributed by atoms with van der Waals surface area (Å²) in [7, 11) is 0. The molecular weight excluding hydrogens is 200 g/mol. The van der Waals surface area contributed by atoms with Crippen molar-refractivity contribution in [2.45, 2.75) is 58.0 Å². The standard InChI is InChI=1S/C13H24N2O/c1-9(2)15(8-10-4-5-10)12(16)13(3,14)11-6-7-11/h9-11H,4-8,14H2,1-3H3. The zero-order valence-corrected chi connectivity index (χ0v) is 10.7. The van der Waals surface area contributed by atoms with Crippen LogP contribution >= 0.6 is 0 Å². The second kappa shape index (κ2) is 4.02. The Balaban J connectivity index is 2.02. The van der Waals surface area contributed by atoms with Crippen LogP contribution in [0.4, 0.5) is 0 Å². The van der Waals surface area contributed by atoms with Crippen LogP contribution in [0.1, 0.15) is 46.5 Å². The Hall–Kier alpha value is -0.570. The highest BCUT2D eigenvalue weighted by atomic mass is 16.2. The molecule has 0 aliphatic heterocycles. The van der Waals surface area contributed by atoms with Crippen LogP contribution in [0.15, 0.2) is 0 Å². The zero-order valence-electron chi connectivity index (χ0n) is 10.7. The van der Waals surface area contributed by atoms with Crippen molar-refractivity contribution in [3.8, 4) is 0 Å². The number of amides is 1. The van der Waals surface area contributed by atoms with E-state index in [1.807, 2.05) is 11.8 Å². The maximum atomic E-state index is 12.5. The van der Waals surface area contributed by atoms with Crippen LogP contribution < -0.4 is 5.73 Å². The highest BCUT2D eigenvalue weighted by molar-refractivity contribution is 5.86. The average molecular weight is 224 g/mol. The maximum Gasteiger partial charge on any atom is 0.242 e. The summed E-state index contributed by atoms with van der Waals surface area (Å²) < 4.78 is 0. The number of carbonyl (C=O) groups is 1. The molecule has 1 unspecified atom stereocenters. The molecule has 92 valence electrons. The lowest BCUT2D eigenvalue weighted by Gasteiger charge is -2.34. The Labute approximate surface area is 98.4 Å². The third-order valence-electron chi connectivity index (χ3n) is 3.92. The van der Waals surface area contributed by atoms with Crippen LogP contribution in [0.2, 0.25) is 0 Å². The number of nitrogens with two attached hydrogens (primary N) is 1. The molecule has 3 heteroatoms. The van der Waals surface area contributed by atoms with E-state index in [-0.39, 0.29) is 11.9 Å². The van der Waals surface area contributed by atoms with Gasteiger partial charge in [-0.3, -0.25) is 4.79 Å². The summed E-state index contributed by atoms with van der Waals surface area (Å²) in [6.45, 7) is 7.00. The Morgan fingerprint density at radius 2 is 1.94 bits per heavy atom. The summed E-state index contributed by atoms with van der Waals surface area (Å²) in [5.41, 5.74) is 5.58. The van der Waals surface area contributed by atoms with E-state index in [9.17, 15) is 4.79 Å². The first kappa shape index (κ1) is 11.9. The molecule has 3 nitrogen and oxygen atoms in total. The van der Waals surface area contributed by atoms with Crippen molar-refractivity contribution in [1.29, 1.82) is 0 Å². The van der Waals surface area contributed by atoms with Crippen LogP contribution in [-0.2, 0) is 4.79 Å². The van der Waals surface area contributed by atoms with Gasteiger partial charge in [0, 0.05) is 12.6 Å². The predicted octanol–water partition coefficient (Wildman–Crippen LogP) is 1.76. The van der Waals surface area contributed by atoms with Gasteiger partial charge in [-0.15, -0.1) is 0 Å². The van der Waals surface area contributed by atoms with Gasteiger partial charge in [-0.1, -0.05) is 0 Å². The van der Waals surface area contributed by atoms with Crippen molar-refractivity contribution in [1.82, 2.24) is 4.90 Å². The molecule has 2 rings (SSSR count). The Kier molecular flexibility index (Phi) is 2.99. The largest absolute Gasteiger partial charge is 0.338 e. The van der Waals surface area contributed by atoms with E-state index in [0.717, 1.165) is 25.3 Å². The number of hydrogen-bond donors (Lipinski definition) is 1. The van der Waals surface area contributed by atoms with Crippen molar-refractivity contribution in [2.24, 2.45) is 17.6 Å². The van der Waals surface area contributed by atoms with Gasteiger partial charge in [0.05, 0.1) is 5.54 Å². The molecular formula is C13H24N2O. The number of nitrogens with zero attached hydrogens (tertiary/aromatic N) is 1. The molecule has 1 atom stereocenters. The van der Waals surface area contributed by atoms with Gasteiger partial charge in [-0.25, -0.2) is 0 Å². The summed E-state index contributed by atoms with van der Waals surface area (Å²) in [6.07, 6.45) is 4.80. The van der Waals surface area contributed by atoms with Crippen LogP contribution in [0, 0.1) is 11.8 Å². The zero-order chi connectivity index (χ0) is 11.9. The van der Waals surface area contributed by atoms with E-state index in [0.29, 0.717) is 5.92 Å². The normalized spacial score (nSPS) is 24.3. The number of hydrogen-bond acceptors (Lipinski definition) is 2. The van der Waals surface area contributed by atoms with Crippen LogP contribution in [-0.4, -0.2) is 28.9 Å². The van der Waals surface area contributed by atoms with Crippen molar-refractivity contribution >= 4 is 5.91 Å². The molecule has 2 aliphatic rings. The van der Waals surface area contributed by atoms with E-state index in [4.69, 9.17) is 5.73 Å².